The van der Waals surface area contributed by atoms with E-state index in [0.29, 0.717) is 30.2 Å². The highest BCUT2D eigenvalue weighted by Crippen LogP contribution is 2.32. The number of halogens is 3. The predicted octanol–water partition coefficient (Wildman–Crippen LogP) is 5.42. The minimum atomic E-state index is -4.51. The van der Waals surface area contributed by atoms with Crippen LogP contribution in [0.2, 0.25) is 0 Å². The Morgan fingerprint density at radius 3 is 2.46 bits per heavy atom. The second kappa shape index (κ2) is 11.3. The summed E-state index contributed by atoms with van der Waals surface area (Å²) in [6, 6.07) is 16.1. The van der Waals surface area contributed by atoms with Crippen LogP contribution in [0.1, 0.15) is 15.9 Å². The van der Waals surface area contributed by atoms with Gasteiger partial charge in [0.25, 0.3) is 11.8 Å². The van der Waals surface area contributed by atoms with Crippen molar-refractivity contribution < 1.29 is 32.2 Å². The van der Waals surface area contributed by atoms with Gasteiger partial charge in [-0.2, -0.15) is 13.2 Å². The molecule has 202 valence electrons. The minimum absolute atomic E-state index is 0.0132. The number of aromatic nitrogens is 1. The van der Waals surface area contributed by atoms with Crippen LogP contribution in [-0.2, 0) is 15.7 Å². The molecule has 0 radical (unpaired) electrons. The second-order valence-electron chi connectivity index (χ2n) is 8.67. The minimum Gasteiger partial charge on any atom is -0.484 e. The van der Waals surface area contributed by atoms with E-state index in [4.69, 9.17) is 9.47 Å². The van der Waals surface area contributed by atoms with Gasteiger partial charge in [0.1, 0.15) is 5.75 Å². The lowest BCUT2D eigenvalue weighted by Gasteiger charge is -2.25. The zero-order valence-corrected chi connectivity index (χ0v) is 21.3. The van der Waals surface area contributed by atoms with Gasteiger partial charge in [-0.05, 0) is 60.7 Å². The van der Waals surface area contributed by atoms with Gasteiger partial charge in [-0.15, -0.1) is 0 Å². The molecular weight excluding hydrogens is 533 g/mol. The van der Waals surface area contributed by atoms with Crippen molar-refractivity contribution in [3.05, 3.63) is 77.9 Å². The van der Waals surface area contributed by atoms with Gasteiger partial charge in [-0.1, -0.05) is 17.4 Å². The van der Waals surface area contributed by atoms with Crippen LogP contribution in [0, 0.1) is 0 Å². The molecule has 2 amide bonds. The molecule has 2 heterocycles. The third kappa shape index (κ3) is 6.65. The maximum Gasteiger partial charge on any atom is 0.416 e. The third-order valence-electron chi connectivity index (χ3n) is 5.88. The molecule has 1 fully saturated rings. The van der Waals surface area contributed by atoms with Crippen molar-refractivity contribution in [1.82, 2.24) is 4.98 Å². The Hall–Kier alpha value is -4.16. The zero-order chi connectivity index (χ0) is 27.4. The molecule has 0 atom stereocenters. The van der Waals surface area contributed by atoms with E-state index in [0.717, 1.165) is 40.6 Å². The molecule has 0 bridgehead atoms. The fourth-order valence-corrected chi connectivity index (χ4v) is 4.96. The number of hydrogen-bond acceptors (Lipinski definition) is 7. The average molecular weight is 557 g/mol. The molecule has 4 aromatic rings. The Morgan fingerprint density at radius 1 is 0.974 bits per heavy atom. The summed E-state index contributed by atoms with van der Waals surface area (Å²) in [5, 5.41) is 6.17. The number of carbonyl (C=O) groups is 2. The van der Waals surface area contributed by atoms with E-state index in [-0.39, 0.29) is 11.6 Å². The van der Waals surface area contributed by atoms with Gasteiger partial charge in [0.15, 0.2) is 11.7 Å². The predicted molar refractivity (Wildman–Crippen MR) is 143 cm³/mol. The Labute approximate surface area is 225 Å². The molecule has 3 aromatic carbocycles. The zero-order valence-electron chi connectivity index (χ0n) is 20.5. The van der Waals surface area contributed by atoms with Crippen molar-refractivity contribution in [1.29, 1.82) is 0 Å². The summed E-state index contributed by atoms with van der Waals surface area (Å²) in [6.07, 6.45) is -4.51. The number of amides is 2. The quantitative estimate of drug-likeness (QED) is 0.316. The Morgan fingerprint density at radius 2 is 1.72 bits per heavy atom. The molecule has 0 spiro atoms. The van der Waals surface area contributed by atoms with Crippen LogP contribution in [0.5, 0.6) is 5.75 Å². The molecule has 39 heavy (non-hydrogen) atoms. The van der Waals surface area contributed by atoms with Gasteiger partial charge < -0.3 is 25.0 Å². The van der Waals surface area contributed by atoms with Crippen molar-refractivity contribution >= 4 is 49.9 Å². The molecule has 1 aliphatic rings. The standard InChI is InChI=1S/C27H23F3N4O4S/c28-27(29,30)18-2-1-3-19(14-18)31-24(35)16-38-21-7-4-17(5-8-21)25(36)32-20-6-9-22-23(15-20)39-26(33-22)34-10-12-37-13-11-34/h1-9,14-15H,10-13,16H2,(H,31,35)(H,32,36). The molecule has 5 rings (SSSR count). The number of benzene rings is 3. The summed E-state index contributed by atoms with van der Waals surface area (Å²) >= 11 is 1.56. The first-order valence-corrected chi connectivity index (χ1v) is 12.8. The second-order valence-corrected chi connectivity index (χ2v) is 9.68. The molecule has 0 unspecified atom stereocenters. The highest BCUT2D eigenvalue weighted by Gasteiger charge is 2.30. The average Bonchev–Trinajstić information content (AvgIpc) is 3.36. The first-order valence-electron chi connectivity index (χ1n) is 12.0. The number of thiazole rings is 1. The monoisotopic (exact) mass is 556 g/mol. The van der Waals surface area contributed by atoms with Crippen molar-refractivity contribution in [3.8, 4) is 5.75 Å². The number of hydrogen-bond donors (Lipinski definition) is 2. The summed E-state index contributed by atoms with van der Waals surface area (Å²) in [4.78, 5) is 31.7. The van der Waals surface area contributed by atoms with Crippen LogP contribution in [0.4, 0.5) is 29.7 Å². The van der Waals surface area contributed by atoms with Crippen LogP contribution in [0.3, 0.4) is 0 Å². The number of anilines is 3. The largest absolute Gasteiger partial charge is 0.484 e. The van der Waals surface area contributed by atoms with Crippen LogP contribution in [0.15, 0.2) is 66.7 Å². The highest BCUT2D eigenvalue weighted by molar-refractivity contribution is 7.22. The van der Waals surface area contributed by atoms with Gasteiger partial charge in [-0.25, -0.2) is 4.98 Å². The summed E-state index contributed by atoms with van der Waals surface area (Å²) in [7, 11) is 0. The van der Waals surface area contributed by atoms with Gasteiger partial charge in [0.2, 0.25) is 0 Å². The smallest absolute Gasteiger partial charge is 0.416 e. The molecule has 2 N–H and O–H groups in total. The number of carbonyl (C=O) groups excluding carboxylic acids is 2. The molecule has 1 saturated heterocycles. The Balaban J connectivity index is 1.15. The maximum atomic E-state index is 12.8. The number of ether oxygens (including phenoxy) is 2. The van der Waals surface area contributed by atoms with Crippen molar-refractivity contribution in [2.24, 2.45) is 0 Å². The molecule has 12 heteroatoms. The van der Waals surface area contributed by atoms with Gasteiger partial charge in [0, 0.05) is 30.0 Å². The number of nitrogens with one attached hydrogen (secondary N) is 2. The highest BCUT2D eigenvalue weighted by atomic mass is 32.1. The number of fused-ring (bicyclic) bond motifs is 1. The summed E-state index contributed by atoms with van der Waals surface area (Å²) in [5.41, 5.74) is 1.03. The summed E-state index contributed by atoms with van der Waals surface area (Å²) < 4.78 is 50.3. The normalized spacial score (nSPS) is 13.8. The number of morpholine rings is 1. The van der Waals surface area contributed by atoms with Crippen molar-refractivity contribution in [2.75, 3.05) is 48.4 Å². The third-order valence-corrected chi connectivity index (χ3v) is 6.96. The molecule has 8 nitrogen and oxygen atoms in total. The molecule has 0 aliphatic carbocycles. The van der Waals surface area contributed by atoms with E-state index in [1.165, 1.54) is 24.3 Å². The van der Waals surface area contributed by atoms with Crippen molar-refractivity contribution in [2.45, 2.75) is 6.18 Å². The van der Waals surface area contributed by atoms with Crippen LogP contribution in [0.25, 0.3) is 10.2 Å². The van der Waals surface area contributed by atoms with Gasteiger partial charge in [-0.3, -0.25) is 9.59 Å². The lowest BCUT2D eigenvalue weighted by Crippen LogP contribution is -2.36. The summed E-state index contributed by atoms with van der Waals surface area (Å²) in [5.74, 6) is -0.611. The van der Waals surface area contributed by atoms with E-state index in [9.17, 15) is 22.8 Å². The van der Waals surface area contributed by atoms with Crippen molar-refractivity contribution in [3.63, 3.8) is 0 Å². The maximum absolute atomic E-state index is 12.8. The Kier molecular flexibility index (Phi) is 7.66. The molecular formula is C27H23F3N4O4S. The first-order chi connectivity index (χ1) is 18.7. The van der Waals surface area contributed by atoms with Crippen LogP contribution < -0.4 is 20.3 Å². The lowest BCUT2D eigenvalue weighted by molar-refractivity contribution is -0.137. The van der Waals surface area contributed by atoms with Gasteiger partial charge >= 0.3 is 6.18 Å². The lowest BCUT2D eigenvalue weighted by atomic mass is 10.2. The topological polar surface area (TPSA) is 92.8 Å². The fourth-order valence-electron chi connectivity index (χ4n) is 3.91. The van der Waals surface area contributed by atoms with E-state index in [1.54, 1.807) is 29.5 Å². The first kappa shape index (κ1) is 26.4. The van der Waals surface area contributed by atoms with Crippen LogP contribution in [-0.4, -0.2) is 49.7 Å². The number of rotatable bonds is 7. The van der Waals surface area contributed by atoms with E-state index >= 15 is 0 Å². The Bertz CT molecular complexity index is 1480. The van der Waals surface area contributed by atoms with E-state index < -0.39 is 24.3 Å². The molecule has 0 saturated carbocycles. The molecule has 1 aromatic heterocycles. The number of nitrogens with zero attached hydrogens (tertiary/aromatic N) is 2. The summed E-state index contributed by atoms with van der Waals surface area (Å²) in [6.45, 7) is 2.53. The van der Waals surface area contributed by atoms with E-state index in [1.807, 2.05) is 12.1 Å². The fraction of sp³-hybridized carbons (Fsp3) is 0.222. The SMILES string of the molecule is O=C(COc1ccc(C(=O)Nc2ccc3nc(N4CCOCC4)sc3c2)cc1)Nc1cccc(C(F)(F)F)c1. The van der Waals surface area contributed by atoms with Crippen LogP contribution >= 0.6 is 11.3 Å². The molecule has 1 aliphatic heterocycles. The van der Waals surface area contributed by atoms with E-state index in [2.05, 4.69) is 20.5 Å². The number of alkyl halides is 3. The van der Waals surface area contributed by atoms with Gasteiger partial charge in [0.05, 0.1) is 29.0 Å².